The molecule has 9 heteroatoms. The Bertz CT molecular complexity index is 1060. The average Bonchev–Trinajstić information content (AvgIpc) is 2.81. The number of nitrogens with one attached hydrogen (secondary N) is 2. The molecule has 184 valence electrons. The predicted octanol–water partition coefficient (Wildman–Crippen LogP) is 3.71. The van der Waals surface area contributed by atoms with Gasteiger partial charge in [-0.25, -0.2) is 13.2 Å². The molecule has 0 spiro atoms. The first-order valence-corrected chi connectivity index (χ1v) is 13.1. The minimum Gasteiger partial charge on any atom is -0.466 e. The summed E-state index contributed by atoms with van der Waals surface area (Å²) in [6.07, 6.45) is 2.54. The third-order valence-corrected chi connectivity index (χ3v) is 7.85. The van der Waals surface area contributed by atoms with Gasteiger partial charge in [-0.2, -0.15) is 4.31 Å². The molecule has 2 aromatic carbocycles. The first-order chi connectivity index (χ1) is 16.3. The monoisotopic (exact) mass is 487 g/mol. The van der Waals surface area contributed by atoms with E-state index in [9.17, 15) is 18.0 Å². The van der Waals surface area contributed by atoms with Crippen molar-refractivity contribution < 1.29 is 22.7 Å². The highest BCUT2D eigenvalue weighted by Crippen LogP contribution is 2.25. The van der Waals surface area contributed by atoms with E-state index < -0.39 is 10.0 Å². The molecule has 2 N–H and O–H groups in total. The lowest BCUT2D eigenvalue weighted by atomic mass is 9.95. The van der Waals surface area contributed by atoms with E-state index in [1.807, 2.05) is 19.1 Å². The number of aryl methyl sites for hydroxylation is 1. The van der Waals surface area contributed by atoms with E-state index in [4.69, 9.17) is 4.74 Å². The first-order valence-electron chi connectivity index (χ1n) is 11.6. The number of carbonyl (C=O) groups excluding carboxylic acids is 2. The summed E-state index contributed by atoms with van der Waals surface area (Å²) >= 11 is 0. The summed E-state index contributed by atoms with van der Waals surface area (Å²) in [4.78, 5) is 24.1. The van der Waals surface area contributed by atoms with Crippen molar-refractivity contribution in [2.45, 2.75) is 44.4 Å². The summed E-state index contributed by atoms with van der Waals surface area (Å²) in [5.74, 6) is 0.0893. The van der Waals surface area contributed by atoms with Gasteiger partial charge in [0.2, 0.25) is 10.0 Å². The quantitative estimate of drug-likeness (QED) is 0.525. The van der Waals surface area contributed by atoms with Crippen LogP contribution >= 0.6 is 0 Å². The van der Waals surface area contributed by atoms with Crippen LogP contribution in [0.25, 0.3) is 0 Å². The first kappa shape index (κ1) is 25.7. The third kappa shape index (κ3) is 7.30. The van der Waals surface area contributed by atoms with Crippen LogP contribution in [0, 0.1) is 12.8 Å². The number of rotatable bonds is 9. The van der Waals surface area contributed by atoms with Crippen LogP contribution in [0.1, 0.15) is 37.3 Å². The largest absolute Gasteiger partial charge is 0.466 e. The number of carbonyl (C=O) groups is 2. The summed E-state index contributed by atoms with van der Waals surface area (Å²) in [5, 5.41) is 5.64. The molecule has 2 amide bonds. The van der Waals surface area contributed by atoms with Gasteiger partial charge < -0.3 is 15.4 Å². The van der Waals surface area contributed by atoms with Crippen LogP contribution in [0.5, 0.6) is 0 Å². The Morgan fingerprint density at radius 1 is 1.03 bits per heavy atom. The Balaban J connectivity index is 1.37. The summed E-state index contributed by atoms with van der Waals surface area (Å²) in [6, 6.07) is 13.7. The molecule has 1 fully saturated rings. The maximum Gasteiger partial charge on any atom is 0.319 e. The molecule has 34 heavy (non-hydrogen) atoms. The fraction of sp³-hybridized carbons (Fsp3) is 0.440. The molecule has 0 bridgehead atoms. The Hall–Kier alpha value is -2.91. The van der Waals surface area contributed by atoms with Gasteiger partial charge in [-0.1, -0.05) is 29.8 Å². The summed E-state index contributed by atoms with van der Waals surface area (Å²) < 4.78 is 32.1. The zero-order valence-electron chi connectivity index (χ0n) is 19.7. The molecule has 0 saturated carbocycles. The van der Waals surface area contributed by atoms with Crippen LogP contribution in [-0.2, 0) is 26.0 Å². The minimum atomic E-state index is -3.46. The number of ether oxygens (including phenoxy) is 1. The topological polar surface area (TPSA) is 105 Å². The standard InChI is InChI=1S/C25H33N3O5S/c1-3-33-24(29)18-21-6-8-22(9-7-21)27-25(30)26-15-12-20-13-16-28(17-14-20)34(31,32)23-10-4-19(2)5-11-23/h4-11,20H,3,12-18H2,1-2H3,(H2,26,27,30). The molecular formula is C25H33N3O5S. The number of nitrogens with zero attached hydrogens (tertiary/aromatic N) is 1. The molecule has 0 radical (unpaired) electrons. The van der Waals surface area contributed by atoms with Crippen LogP contribution in [-0.4, -0.2) is 51.0 Å². The van der Waals surface area contributed by atoms with E-state index in [1.54, 1.807) is 47.6 Å². The number of esters is 1. The SMILES string of the molecule is CCOC(=O)Cc1ccc(NC(=O)NCCC2CCN(S(=O)(=O)c3ccc(C)cc3)CC2)cc1. The minimum absolute atomic E-state index is 0.200. The highest BCUT2D eigenvalue weighted by Gasteiger charge is 2.29. The second-order valence-electron chi connectivity index (χ2n) is 8.51. The van der Waals surface area contributed by atoms with Crippen molar-refractivity contribution in [2.24, 2.45) is 5.92 Å². The highest BCUT2D eigenvalue weighted by atomic mass is 32.2. The molecule has 1 aliphatic rings. The smallest absolute Gasteiger partial charge is 0.319 e. The van der Waals surface area contributed by atoms with Gasteiger partial charge in [-0.3, -0.25) is 4.79 Å². The molecule has 1 aliphatic heterocycles. The van der Waals surface area contributed by atoms with Crippen molar-refractivity contribution in [1.29, 1.82) is 0 Å². The zero-order valence-corrected chi connectivity index (χ0v) is 20.6. The van der Waals surface area contributed by atoms with Crippen molar-refractivity contribution >= 4 is 27.7 Å². The Morgan fingerprint density at radius 3 is 2.29 bits per heavy atom. The van der Waals surface area contributed by atoms with Gasteiger partial charge >= 0.3 is 12.0 Å². The molecule has 0 atom stereocenters. The van der Waals surface area contributed by atoms with Gasteiger partial charge in [-0.15, -0.1) is 0 Å². The summed E-state index contributed by atoms with van der Waals surface area (Å²) in [7, 11) is -3.46. The van der Waals surface area contributed by atoms with Gasteiger partial charge in [0.15, 0.2) is 0 Å². The number of urea groups is 1. The van der Waals surface area contributed by atoms with Crippen LogP contribution in [0.2, 0.25) is 0 Å². The summed E-state index contributed by atoms with van der Waals surface area (Å²) in [6.45, 7) is 5.55. The molecule has 0 aliphatic carbocycles. The maximum atomic E-state index is 12.8. The number of hydrogen-bond donors (Lipinski definition) is 2. The number of benzene rings is 2. The van der Waals surface area contributed by atoms with Crippen LogP contribution in [0.15, 0.2) is 53.4 Å². The van der Waals surface area contributed by atoms with Crippen molar-refractivity contribution in [2.75, 3.05) is 31.6 Å². The average molecular weight is 488 g/mol. The van der Waals surface area contributed by atoms with E-state index in [0.29, 0.717) is 42.7 Å². The van der Waals surface area contributed by atoms with E-state index in [-0.39, 0.29) is 18.4 Å². The number of amides is 2. The van der Waals surface area contributed by atoms with Gasteiger partial charge in [0.1, 0.15) is 0 Å². The number of hydrogen-bond acceptors (Lipinski definition) is 5. The van der Waals surface area contributed by atoms with E-state index in [0.717, 1.165) is 30.4 Å². The lowest BCUT2D eigenvalue weighted by Gasteiger charge is -2.31. The molecule has 0 aromatic heterocycles. The molecular weight excluding hydrogens is 454 g/mol. The molecule has 0 unspecified atom stereocenters. The molecule has 8 nitrogen and oxygen atoms in total. The van der Waals surface area contributed by atoms with Gasteiger partial charge in [0.05, 0.1) is 17.9 Å². The number of piperidine rings is 1. The maximum absolute atomic E-state index is 12.8. The van der Waals surface area contributed by atoms with E-state index in [2.05, 4.69) is 10.6 Å². The van der Waals surface area contributed by atoms with Crippen LogP contribution < -0.4 is 10.6 Å². The normalized spacial score (nSPS) is 15.0. The van der Waals surface area contributed by atoms with Crippen LogP contribution in [0.3, 0.4) is 0 Å². The third-order valence-electron chi connectivity index (χ3n) is 5.94. The van der Waals surface area contributed by atoms with Gasteiger partial charge in [0, 0.05) is 25.3 Å². The second-order valence-corrected chi connectivity index (χ2v) is 10.4. The van der Waals surface area contributed by atoms with E-state index in [1.165, 1.54) is 0 Å². The molecule has 1 saturated heterocycles. The second kappa shape index (κ2) is 12.0. The fourth-order valence-electron chi connectivity index (χ4n) is 3.95. The lowest BCUT2D eigenvalue weighted by Crippen LogP contribution is -2.39. The Morgan fingerprint density at radius 2 is 1.68 bits per heavy atom. The van der Waals surface area contributed by atoms with Crippen molar-refractivity contribution in [1.82, 2.24) is 9.62 Å². The van der Waals surface area contributed by atoms with Crippen molar-refractivity contribution in [3.05, 3.63) is 59.7 Å². The molecule has 3 rings (SSSR count). The molecule has 2 aromatic rings. The fourth-order valence-corrected chi connectivity index (χ4v) is 5.42. The van der Waals surface area contributed by atoms with Gasteiger partial charge in [-0.05, 0) is 68.9 Å². The highest BCUT2D eigenvalue weighted by molar-refractivity contribution is 7.89. The number of anilines is 1. The molecule has 1 heterocycles. The zero-order chi connectivity index (χ0) is 24.6. The van der Waals surface area contributed by atoms with Crippen molar-refractivity contribution in [3.8, 4) is 0 Å². The van der Waals surface area contributed by atoms with Crippen LogP contribution in [0.4, 0.5) is 10.5 Å². The van der Waals surface area contributed by atoms with Gasteiger partial charge in [0.25, 0.3) is 0 Å². The Labute approximate surface area is 201 Å². The summed E-state index contributed by atoms with van der Waals surface area (Å²) in [5.41, 5.74) is 2.49. The lowest BCUT2D eigenvalue weighted by molar-refractivity contribution is -0.142. The van der Waals surface area contributed by atoms with E-state index >= 15 is 0 Å². The number of sulfonamides is 1. The predicted molar refractivity (Wildman–Crippen MR) is 131 cm³/mol. The Kier molecular flexibility index (Phi) is 9.06. The van der Waals surface area contributed by atoms with Crippen molar-refractivity contribution in [3.63, 3.8) is 0 Å².